The predicted octanol–water partition coefficient (Wildman–Crippen LogP) is 3.64. The number of nitrogens with one attached hydrogen (secondary N) is 1. The summed E-state index contributed by atoms with van der Waals surface area (Å²) in [7, 11) is 0. The maximum absolute atomic E-state index is 11.8. The van der Waals surface area contributed by atoms with Crippen LogP contribution in [0.25, 0.3) is 0 Å². The van der Waals surface area contributed by atoms with Crippen LogP contribution in [0.15, 0.2) is 42.5 Å². The minimum atomic E-state index is -0.752. The molecule has 0 saturated carbocycles. The van der Waals surface area contributed by atoms with Crippen LogP contribution in [0.4, 0.5) is 16.2 Å². The van der Waals surface area contributed by atoms with Gasteiger partial charge in [0.05, 0.1) is 15.6 Å². The van der Waals surface area contributed by atoms with Crippen LogP contribution in [0.2, 0.25) is 5.02 Å². The van der Waals surface area contributed by atoms with E-state index in [0.29, 0.717) is 11.5 Å². The van der Waals surface area contributed by atoms with Crippen LogP contribution < -0.4 is 14.8 Å². The lowest BCUT2D eigenvalue weighted by molar-refractivity contribution is -0.384. The van der Waals surface area contributed by atoms with Gasteiger partial charge >= 0.3 is 6.09 Å². The Morgan fingerprint density at radius 1 is 1.32 bits per heavy atom. The lowest BCUT2D eigenvalue weighted by Gasteiger charge is -2.26. The molecule has 9 heteroatoms. The summed E-state index contributed by atoms with van der Waals surface area (Å²) < 4.78 is 16.3. The number of para-hydroxylation sites is 2. The molecule has 1 heterocycles. The van der Waals surface area contributed by atoms with Gasteiger partial charge in [0.25, 0.3) is 5.69 Å². The summed E-state index contributed by atoms with van der Waals surface area (Å²) in [6.07, 6.45) is -1.19. The molecule has 0 spiro atoms. The maximum Gasteiger partial charge on any atom is 0.411 e. The van der Waals surface area contributed by atoms with E-state index < -0.39 is 17.1 Å². The molecule has 1 aliphatic rings. The van der Waals surface area contributed by atoms with Crippen LogP contribution in [0.3, 0.4) is 0 Å². The van der Waals surface area contributed by atoms with Crippen molar-refractivity contribution in [2.75, 3.05) is 18.5 Å². The second kappa shape index (κ2) is 7.27. The maximum atomic E-state index is 11.8. The Balaban J connectivity index is 1.53. The average molecular weight is 365 g/mol. The number of nitro benzene ring substituents is 1. The summed E-state index contributed by atoms with van der Waals surface area (Å²) in [4.78, 5) is 21.9. The van der Waals surface area contributed by atoms with E-state index in [1.165, 1.54) is 12.1 Å². The number of fused-ring (bicyclic) bond motifs is 1. The summed E-state index contributed by atoms with van der Waals surface area (Å²) in [5, 5.41) is 13.1. The van der Waals surface area contributed by atoms with E-state index in [4.69, 9.17) is 25.8 Å². The van der Waals surface area contributed by atoms with E-state index in [0.717, 1.165) is 6.07 Å². The fourth-order valence-electron chi connectivity index (χ4n) is 2.18. The van der Waals surface area contributed by atoms with Gasteiger partial charge in [0, 0.05) is 12.1 Å². The second-order valence-corrected chi connectivity index (χ2v) is 5.55. The molecule has 3 rings (SSSR count). The van der Waals surface area contributed by atoms with Crippen molar-refractivity contribution in [3.05, 3.63) is 57.6 Å². The van der Waals surface area contributed by atoms with Crippen LogP contribution in [-0.4, -0.2) is 30.3 Å². The summed E-state index contributed by atoms with van der Waals surface area (Å²) >= 11 is 5.90. The molecule has 25 heavy (non-hydrogen) atoms. The topological polar surface area (TPSA) is 99.9 Å². The third-order valence-corrected chi connectivity index (χ3v) is 3.68. The Morgan fingerprint density at radius 2 is 2.08 bits per heavy atom. The fraction of sp³-hybridized carbons (Fsp3) is 0.188. The zero-order chi connectivity index (χ0) is 17.8. The van der Waals surface area contributed by atoms with Crippen molar-refractivity contribution in [1.82, 2.24) is 0 Å². The molecule has 0 aromatic heterocycles. The van der Waals surface area contributed by atoms with Crippen molar-refractivity contribution in [2.45, 2.75) is 6.10 Å². The number of hydrogen-bond acceptors (Lipinski definition) is 6. The highest BCUT2D eigenvalue weighted by Gasteiger charge is 2.22. The standard InChI is InChI=1S/C16H13ClN2O6/c17-12-7-10(19(21)22)5-6-13(12)18-16(20)24-9-11-8-23-14-3-1-2-4-15(14)25-11/h1-7,11H,8-9H2,(H,18,20)/t11-/m1/s1. The van der Waals surface area contributed by atoms with Crippen LogP contribution in [0.1, 0.15) is 0 Å². The first kappa shape index (κ1) is 16.8. The minimum Gasteiger partial charge on any atom is -0.486 e. The molecule has 1 atom stereocenters. The van der Waals surface area contributed by atoms with Gasteiger partial charge in [-0.3, -0.25) is 15.4 Å². The van der Waals surface area contributed by atoms with Crippen molar-refractivity contribution < 1.29 is 23.9 Å². The number of benzene rings is 2. The zero-order valence-electron chi connectivity index (χ0n) is 12.8. The minimum absolute atomic E-state index is 0.0230. The van der Waals surface area contributed by atoms with Gasteiger partial charge in [-0.15, -0.1) is 0 Å². The summed E-state index contributed by atoms with van der Waals surface area (Å²) in [6, 6.07) is 10.9. The molecule has 8 nitrogen and oxygen atoms in total. The number of amides is 1. The molecule has 0 radical (unpaired) electrons. The van der Waals surface area contributed by atoms with E-state index in [9.17, 15) is 14.9 Å². The molecule has 0 unspecified atom stereocenters. The van der Waals surface area contributed by atoms with Gasteiger partial charge in [-0.05, 0) is 18.2 Å². The number of nitrogens with zero attached hydrogens (tertiary/aromatic N) is 1. The van der Waals surface area contributed by atoms with Crippen LogP contribution in [0.5, 0.6) is 11.5 Å². The summed E-state index contributed by atoms with van der Waals surface area (Å²) in [5.41, 5.74) is 0.0405. The number of rotatable bonds is 4. The van der Waals surface area contributed by atoms with E-state index >= 15 is 0 Å². The number of nitro groups is 1. The molecule has 0 saturated heterocycles. The number of hydrogen-bond donors (Lipinski definition) is 1. The Bertz CT molecular complexity index is 813. The first-order chi connectivity index (χ1) is 12.0. The third-order valence-electron chi connectivity index (χ3n) is 3.37. The smallest absolute Gasteiger partial charge is 0.411 e. The predicted molar refractivity (Wildman–Crippen MR) is 89.4 cm³/mol. The molecule has 130 valence electrons. The van der Waals surface area contributed by atoms with Crippen LogP contribution >= 0.6 is 11.6 Å². The second-order valence-electron chi connectivity index (χ2n) is 5.14. The number of halogens is 1. The third kappa shape index (κ3) is 4.10. The fourth-order valence-corrected chi connectivity index (χ4v) is 2.40. The normalized spacial score (nSPS) is 15.3. The van der Waals surface area contributed by atoms with Crippen LogP contribution in [-0.2, 0) is 4.74 Å². The molecule has 1 amide bonds. The lowest BCUT2D eigenvalue weighted by Crippen LogP contribution is -2.34. The molecular weight excluding hydrogens is 352 g/mol. The number of ether oxygens (including phenoxy) is 3. The Kier molecular flexibility index (Phi) is 4.90. The van der Waals surface area contributed by atoms with Gasteiger partial charge in [-0.2, -0.15) is 0 Å². The van der Waals surface area contributed by atoms with Crippen molar-refractivity contribution in [2.24, 2.45) is 0 Å². The molecule has 0 fully saturated rings. The van der Waals surface area contributed by atoms with Gasteiger partial charge in [0.15, 0.2) is 17.6 Å². The Morgan fingerprint density at radius 3 is 2.80 bits per heavy atom. The van der Waals surface area contributed by atoms with Gasteiger partial charge in [-0.25, -0.2) is 4.79 Å². The number of carbonyl (C=O) groups is 1. The molecule has 2 aromatic rings. The largest absolute Gasteiger partial charge is 0.486 e. The first-order valence-corrected chi connectivity index (χ1v) is 7.67. The Hall–Kier alpha value is -3.00. The first-order valence-electron chi connectivity index (χ1n) is 7.29. The number of carbonyl (C=O) groups excluding carboxylic acids is 1. The van der Waals surface area contributed by atoms with Gasteiger partial charge in [-0.1, -0.05) is 23.7 Å². The molecule has 0 aliphatic carbocycles. The number of non-ortho nitro benzene ring substituents is 1. The van der Waals surface area contributed by atoms with Crippen molar-refractivity contribution in [3.63, 3.8) is 0 Å². The molecule has 2 aromatic carbocycles. The van der Waals surface area contributed by atoms with E-state index in [-0.39, 0.29) is 29.6 Å². The van der Waals surface area contributed by atoms with Gasteiger partial charge < -0.3 is 14.2 Å². The van der Waals surface area contributed by atoms with Gasteiger partial charge in [0.1, 0.15) is 13.2 Å². The summed E-state index contributed by atoms with van der Waals surface area (Å²) in [6.45, 7) is 0.230. The highest BCUT2D eigenvalue weighted by molar-refractivity contribution is 6.33. The van der Waals surface area contributed by atoms with Crippen molar-refractivity contribution in [1.29, 1.82) is 0 Å². The summed E-state index contributed by atoms with van der Waals surface area (Å²) in [5.74, 6) is 1.22. The molecule has 1 N–H and O–H groups in total. The van der Waals surface area contributed by atoms with E-state index in [2.05, 4.69) is 5.32 Å². The zero-order valence-corrected chi connectivity index (χ0v) is 13.6. The molecular formula is C16H13ClN2O6. The van der Waals surface area contributed by atoms with Crippen molar-refractivity contribution >= 4 is 29.1 Å². The van der Waals surface area contributed by atoms with Crippen LogP contribution in [0, 0.1) is 10.1 Å². The molecule has 0 bridgehead atoms. The van der Waals surface area contributed by atoms with Gasteiger partial charge in [0.2, 0.25) is 0 Å². The highest BCUT2D eigenvalue weighted by Crippen LogP contribution is 2.31. The highest BCUT2D eigenvalue weighted by atomic mass is 35.5. The monoisotopic (exact) mass is 364 g/mol. The Labute approximate surface area is 147 Å². The van der Waals surface area contributed by atoms with E-state index in [1.807, 2.05) is 12.1 Å². The molecule has 1 aliphatic heterocycles. The van der Waals surface area contributed by atoms with E-state index in [1.54, 1.807) is 12.1 Å². The lowest BCUT2D eigenvalue weighted by atomic mass is 10.3. The van der Waals surface area contributed by atoms with Crippen molar-refractivity contribution in [3.8, 4) is 11.5 Å². The quantitative estimate of drug-likeness (QED) is 0.656. The number of anilines is 1. The SMILES string of the molecule is O=C(Nc1ccc([N+](=O)[O-])cc1Cl)OC[C@H]1COc2ccccc2O1. The average Bonchev–Trinajstić information content (AvgIpc) is 2.61.